The van der Waals surface area contributed by atoms with Crippen molar-refractivity contribution >= 4 is 23.5 Å². The van der Waals surface area contributed by atoms with E-state index in [2.05, 4.69) is 4.74 Å². The molecule has 0 atom stereocenters. The summed E-state index contributed by atoms with van der Waals surface area (Å²) in [5.74, 6) is 0.0930. The van der Waals surface area contributed by atoms with Crippen LogP contribution in [0.15, 0.2) is 24.3 Å². The molecule has 0 saturated heterocycles. The van der Waals surface area contributed by atoms with Crippen LogP contribution in [0.1, 0.15) is 19.8 Å². The minimum atomic E-state index is -0.331. The maximum Gasteiger partial charge on any atom is 0.307 e. The minimum absolute atomic E-state index is 0.0667. The first-order valence-corrected chi connectivity index (χ1v) is 7.17. The molecule has 0 unspecified atom stereocenters. The molecule has 0 spiro atoms. The normalized spacial score (nSPS) is 10.0. The van der Waals surface area contributed by atoms with Crippen molar-refractivity contribution in [3.05, 3.63) is 29.3 Å². The highest BCUT2D eigenvalue weighted by molar-refractivity contribution is 6.30. The molecule has 5 nitrogen and oxygen atoms in total. The fraction of sp³-hybridized carbons (Fsp3) is 0.467. The number of carbonyl (C=O) groups excluding carboxylic acids is 2. The van der Waals surface area contributed by atoms with Gasteiger partial charge < -0.3 is 14.4 Å². The number of amides is 1. The van der Waals surface area contributed by atoms with Crippen molar-refractivity contribution in [3.8, 4) is 5.75 Å². The Balaban J connectivity index is 2.48. The van der Waals surface area contributed by atoms with Gasteiger partial charge >= 0.3 is 5.97 Å². The molecule has 0 aromatic heterocycles. The van der Waals surface area contributed by atoms with Crippen molar-refractivity contribution in [2.24, 2.45) is 0 Å². The number of hydrogen-bond donors (Lipinski definition) is 0. The van der Waals surface area contributed by atoms with Gasteiger partial charge in [0.05, 0.1) is 13.5 Å². The van der Waals surface area contributed by atoms with E-state index in [1.165, 1.54) is 7.11 Å². The Morgan fingerprint density at radius 2 is 1.86 bits per heavy atom. The van der Waals surface area contributed by atoms with Crippen LogP contribution >= 0.6 is 11.6 Å². The smallest absolute Gasteiger partial charge is 0.307 e. The average molecular weight is 314 g/mol. The van der Waals surface area contributed by atoms with Crippen molar-refractivity contribution in [1.29, 1.82) is 0 Å². The largest absolute Gasteiger partial charge is 0.484 e. The third kappa shape index (κ3) is 6.49. The van der Waals surface area contributed by atoms with Crippen LogP contribution in [0.3, 0.4) is 0 Å². The van der Waals surface area contributed by atoms with Gasteiger partial charge in [0, 0.05) is 18.1 Å². The third-order valence-corrected chi connectivity index (χ3v) is 3.09. The highest BCUT2D eigenvalue weighted by atomic mass is 35.5. The second kappa shape index (κ2) is 9.23. The summed E-state index contributed by atoms with van der Waals surface area (Å²) >= 11 is 5.78. The molecule has 1 amide bonds. The van der Waals surface area contributed by atoms with Crippen LogP contribution in [-0.2, 0) is 14.3 Å². The average Bonchev–Trinajstić information content (AvgIpc) is 2.50. The van der Waals surface area contributed by atoms with Gasteiger partial charge in [-0.05, 0) is 30.7 Å². The zero-order valence-corrected chi connectivity index (χ0v) is 13.1. The SMILES string of the molecule is CCCN(CCC(=O)OC)C(=O)COc1ccc(Cl)cc1. The first-order valence-electron chi connectivity index (χ1n) is 6.79. The molecule has 1 aromatic carbocycles. The van der Waals surface area contributed by atoms with Gasteiger partial charge in [-0.1, -0.05) is 18.5 Å². The Hall–Kier alpha value is -1.75. The van der Waals surface area contributed by atoms with Crippen LogP contribution in [0.4, 0.5) is 0 Å². The second-order valence-electron chi connectivity index (χ2n) is 4.45. The lowest BCUT2D eigenvalue weighted by atomic mass is 10.3. The number of halogens is 1. The van der Waals surface area contributed by atoms with E-state index in [1.807, 2.05) is 6.92 Å². The van der Waals surface area contributed by atoms with Gasteiger partial charge in [-0.2, -0.15) is 0 Å². The number of ether oxygens (including phenoxy) is 2. The third-order valence-electron chi connectivity index (χ3n) is 2.84. The van der Waals surface area contributed by atoms with Gasteiger partial charge in [-0.25, -0.2) is 0 Å². The van der Waals surface area contributed by atoms with E-state index in [4.69, 9.17) is 16.3 Å². The lowest BCUT2D eigenvalue weighted by Crippen LogP contribution is -2.37. The summed E-state index contributed by atoms with van der Waals surface area (Å²) in [6.45, 7) is 2.82. The number of nitrogens with zero attached hydrogens (tertiary/aromatic N) is 1. The molecule has 0 N–H and O–H groups in total. The summed E-state index contributed by atoms with van der Waals surface area (Å²) < 4.78 is 10.00. The standard InChI is InChI=1S/C15H20ClNO4/c1-3-9-17(10-8-15(19)20-2)14(18)11-21-13-6-4-12(16)5-7-13/h4-7H,3,8-11H2,1-2H3. The molecule has 1 rings (SSSR count). The monoisotopic (exact) mass is 313 g/mol. The van der Waals surface area contributed by atoms with Crippen LogP contribution in [-0.4, -0.2) is 43.6 Å². The van der Waals surface area contributed by atoms with E-state index in [1.54, 1.807) is 29.2 Å². The number of benzene rings is 1. The van der Waals surface area contributed by atoms with Gasteiger partial charge in [-0.3, -0.25) is 9.59 Å². The Labute approximate surface area is 129 Å². The molecule has 6 heteroatoms. The number of hydrogen-bond acceptors (Lipinski definition) is 4. The van der Waals surface area contributed by atoms with E-state index in [0.29, 0.717) is 23.9 Å². The van der Waals surface area contributed by atoms with Crippen molar-refractivity contribution in [3.63, 3.8) is 0 Å². The summed E-state index contributed by atoms with van der Waals surface area (Å²) in [5, 5.41) is 0.611. The molecule has 0 fully saturated rings. The number of esters is 1. The lowest BCUT2D eigenvalue weighted by Gasteiger charge is -2.21. The summed E-state index contributed by atoms with van der Waals surface area (Å²) in [4.78, 5) is 24.9. The molecule has 0 radical (unpaired) electrons. The van der Waals surface area contributed by atoms with Crippen molar-refractivity contribution in [1.82, 2.24) is 4.90 Å². The van der Waals surface area contributed by atoms with E-state index in [9.17, 15) is 9.59 Å². The highest BCUT2D eigenvalue weighted by Crippen LogP contribution is 2.15. The molecule has 0 saturated carbocycles. The zero-order valence-electron chi connectivity index (χ0n) is 12.3. The van der Waals surface area contributed by atoms with E-state index < -0.39 is 0 Å². The Bertz CT molecular complexity index is 461. The summed E-state index contributed by atoms with van der Waals surface area (Å²) in [7, 11) is 1.33. The summed E-state index contributed by atoms with van der Waals surface area (Å²) in [6.07, 6.45) is 0.997. The van der Waals surface area contributed by atoms with Crippen molar-refractivity contribution < 1.29 is 19.1 Å². The molecule has 0 heterocycles. The van der Waals surface area contributed by atoms with Gasteiger partial charge in [0.1, 0.15) is 5.75 Å². The van der Waals surface area contributed by atoms with Gasteiger partial charge in [0.2, 0.25) is 0 Å². The predicted molar refractivity (Wildman–Crippen MR) is 80.5 cm³/mol. The molecule has 116 valence electrons. The number of rotatable bonds is 8. The molecule has 1 aromatic rings. The fourth-order valence-electron chi connectivity index (χ4n) is 1.73. The molecular weight excluding hydrogens is 294 g/mol. The number of carbonyl (C=O) groups is 2. The second-order valence-corrected chi connectivity index (χ2v) is 4.89. The molecule has 0 bridgehead atoms. The predicted octanol–water partition coefficient (Wildman–Crippen LogP) is 2.52. The molecular formula is C15H20ClNO4. The van der Waals surface area contributed by atoms with Crippen LogP contribution in [0.2, 0.25) is 5.02 Å². The van der Waals surface area contributed by atoms with E-state index >= 15 is 0 Å². The molecule has 21 heavy (non-hydrogen) atoms. The quantitative estimate of drug-likeness (QED) is 0.692. The Morgan fingerprint density at radius 3 is 2.43 bits per heavy atom. The van der Waals surface area contributed by atoms with Crippen LogP contribution in [0, 0.1) is 0 Å². The Morgan fingerprint density at radius 1 is 1.19 bits per heavy atom. The summed E-state index contributed by atoms with van der Waals surface area (Å²) in [6, 6.07) is 6.80. The maximum atomic E-state index is 12.1. The zero-order chi connectivity index (χ0) is 15.7. The molecule has 0 aliphatic heterocycles. The topological polar surface area (TPSA) is 55.8 Å². The molecule has 0 aliphatic carbocycles. The number of methoxy groups -OCH3 is 1. The maximum absolute atomic E-state index is 12.1. The van der Waals surface area contributed by atoms with Crippen LogP contribution in [0.5, 0.6) is 5.75 Å². The van der Waals surface area contributed by atoms with E-state index in [0.717, 1.165) is 6.42 Å². The van der Waals surface area contributed by atoms with Gasteiger partial charge in [0.25, 0.3) is 5.91 Å². The molecule has 0 aliphatic rings. The van der Waals surface area contributed by atoms with Gasteiger partial charge in [-0.15, -0.1) is 0 Å². The van der Waals surface area contributed by atoms with Gasteiger partial charge in [0.15, 0.2) is 6.61 Å². The first-order chi connectivity index (χ1) is 10.1. The van der Waals surface area contributed by atoms with Crippen molar-refractivity contribution in [2.75, 3.05) is 26.8 Å². The van der Waals surface area contributed by atoms with Crippen molar-refractivity contribution in [2.45, 2.75) is 19.8 Å². The van der Waals surface area contributed by atoms with Crippen LogP contribution in [0.25, 0.3) is 0 Å². The van der Waals surface area contributed by atoms with E-state index in [-0.39, 0.29) is 24.9 Å². The van der Waals surface area contributed by atoms with Crippen LogP contribution < -0.4 is 4.74 Å². The first kappa shape index (κ1) is 17.3. The Kier molecular flexibility index (Phi) is 7.61. The highest BCUT2D eigenvalue weighted by Gasteiger charge is 2.15. The lowest BCUT2D eigenvalue weighted by molar-refractivity contribution is -0.142. The minimum Gasteiger partial charge on any atom is -0.484 e. The fourth-order valence-corrected chi connectivity index (χ4v) is 1.85. The summed E-state index contributed by atoms with van der Waals surface area (Å²) in [5.41, 5.74) is 0.